The second-order valence-electron chi connectivity index (χ2n) is 5.85. The molecule has 2 aliphatic rings. The highest BCUT2D eigenvalue weighted by atomic mass is 16.5. The molecule has 0 amide bonds. The van der Waals surface area contributed by atoms with E-state index < -0.39 is 44.2 Å². The number of benzene rings is 1. The molecule has 104 valence electrons. The van der Waals surface area contributed by atoms with Crippen LogP contribution in [0.3, 0.4) is 0 Å². The smallest absolute Gasteiger partial charge is 0.0720 e. The third kappa shape index (κ3) is 1.64. The van der Waals surface area contributed by atoms with Gasteiger partial charge in [-0.1, -0.05) is 53.4 Å². The molecule has 1 aliphatic heterocycles. The van der Waals surface area contributed by atoms with Gasteiger partial charge in [0.05, 0.1) is 13.2 Å². The van der Waals surface area contributed by atoms with Crippen molar-refractivity contribution in [3.05, 3.63) is 34.4 Å². The van der Waals surface area contributed by atoms with Gasteiger partial charge >= 0.3 is 0 Å². The molecule has 0 N–H and O–H groups in total. The minimum absolute atomic E-state index is 0.105. The van der Waals surface area contributed by atoms with Crippen molar-refractivity contribution in [3.63, 3.8) is 0 Å². The Kier molecular flexibility index (Phi) is 1.05. The first-order valence-corrected chi connectivity index (χ1v) is 6.51. The molecule has 1 heteroatoms. The number of rotatable bonds is 0. The maximum Gasteiger partial charge on any atom is 0.0720 e. The Balaban J connectivity index is 2.61. The van der Waals surface area contributed by atoms with E-state index in [1.807, 2.05) is 6.92 Å². The largest absolute Gasteiger partial charge is 0.376 e. The summed E-state index contributed by atoms with van der Waals surface area (Å²) in [6.07, 6.45) is 0. The van der Waals surface area contributed by atoms with E-state index in [1.165, 1.54) is 12.1 Å². The van der Waals surface area contributed by atoms with Gasteiger partial charge in [0, 0.05) is 22.4 Å². The molecule has 0 bridgehead atoms. The molecule has 0 spiro atoms. The van der Waals surface area contributed by atoms with Crippen LogP contribution in [-0.2, 0) is 22.2 Å². The minimum atomic E-state index is -3.19. The molecule has 19 heavy (non-hydrogen) atoms. The highest BCUT2D eigenvalue weighted by Gasteiger charge is 2.48. The van der Waals surface area contributed by atoms with Crippen LogP contribution in [0.1, 0.15) is 85.9 Å². The van der Waals surface area contributed by atoms with Crippen LogP contribution in [0.2, 0.25) is 0 Å². The van der Waals surface area contributed by atoms with Crippen molar-refractivity contribution in [2.45, 2.75) is 64.6 Å². The standard InChI is InChI=1S/C18H26O/c1-11-9-19-10-13-7-15-16(8-14(11)13)18(5,6)12(2)17(15,3)4/h7-8,11-12H,9-10H2,1-6H3/i3D3,4D3,5D3,6D3. The molecule has 2 atom stereocenters. The minimum Gasteiger partial charge on any atom is -0.376 e. The summed E-state index contributed by atoms with van der Waals surface area (Å²) in [5.41, 5.74) is -4.60. The van der Waals surface area contributed by atoms with E-state index in [4.69, 9.17) is 21.2 Å². The van der Waals surface area contributed by atoms with Gasteiger partial charge in [-0.05, 0) is 39.0 Å². The first kappa shape index (κ1) is 5.18. The van der Waals surface area contributed by atoms with Crippen molar-refractivity contribution >= 4 is 0 Å². The van der Waals surface area contributed by atoms with Crippen molar-refractivity contribution in [2.75, 3.05) is 6.61 Å². The van der Waals surface area contributed by atoms with Crippen LogP contribution >= 0.6 is 0 Å². The summed E-state index contributed by atoms with van der Waals surface area (Å²) in [5.74, 6) is -1.94. The van der Waals surface area contributed by atoms with Crippen molar-refractivity contribution in [3.8, 4) is 0 Å². The van der Waals surface area contributed by atoms with Crippen LogP contribution in [0.25, 0.3) is 0 Å². The first-order chi connectivity index (χ1) is 13.8. The summed E-state index contributed by atoms with van der Waals surface area (Å²) in [5, 5.41) is 0. The van der Waals surface area contributed by atoms with Gasteiger partial charge in [-0.25, -0.2) is 0 Å². The summed E-state index contributed by atoms with van der Waals surface area (Å²) in [6.45, 7) is -9.35. The Morgan fingerprint density at radius 3 is 2.37 bits per heavy atom. The highest BCUT2D eigenvalue weighted by Crippen LogP contribution is 2.54. The fourth-order valence-electron chi connectivity index (χ4n) is 3.12. The fourth-order valence-corrected chi connectivity index (χ4v) is 3.12. The van der Waals surface area contributed by atoms with E-state index in [0.29, 0.717) is 17.7 Å². The zero-order valence-electron chi connectivity index (χ0n) is 23.1. The summed E-state index contributed by atoms with van der Waals surface area (Å²) >= 11 is 0. The zero-order chi connectivity index (χ0) is 24.0. The molecule has 1 heterocycles. The van der Waals surface area contributed by atoms with Crippen LogP contribution in [0, 0.1) is 5.92 Å². The Labute approximate surface area is 134 Å². The molecule has 3 rings (SSSR count). The predicted molar refractivity (Wildman–Crippen MR) is 79.7 cm³/mol. The Hall–Kier alpha value is -0.820. The molecule has 0 aromatic heterocycles. The van der Waals surface area contributed by atoms with Gasteiger partial charge in [0.15, 0.2) is 0 Å². The zero-order valence-corrected chi connectivity index (χ0v) is 11.1. The molecule has 0 radical (unpaired) electrons. The Morgan fingerprint density at radius 2 is 1.74 bits per heavy atom. The Bertz CT molecular complexity index is 846. The van der Waals surface area contributed by atoms with Crippen molar-refractivity contribution in [2.24, 2.45) is 5.92 Å². The van der Waals surface area contributed by atoms with Crippen LogP contribution in [0.5, 0.6) is 0 Å². The molecule has 0 saturated heterocycles. The molecule has 0 saturated carbocycles. The molecule has 1 aliphatic carbocycles. The van der Waals surface area contributed by atoms with Crippen LogP contribution in [-0.4, -0.2) is 6.61 Å². The molecule has 2 unspecified atom stereocenters. The van der Waals surface area contributed by atoms with Crippen molar-refractivity contribution in [1.29, 1.82) is 0 Å². The molecule has 1 aromatic rings. The first-order valence-electron chi connectivity index (χ1n) is 12.5. The topological polar surface area (TPSA) is 9.23 Å². The van der Waals surface area contributed by atoms with Crippen LogP contribution < -0.4 is 0 Å². The monoisotopic (exact) mass is 270 g/mol. The SMILES string of the molecule is [2H]C([2H])([2H])C1(C([2H])([2H])[2H])c2cc3c(cc2C(C([2H])([2H])[2H])(C([2H])([2H])[2H])C1C)C(C)COC3. The van der Waals surface area contributed by atoms with Crippen LogP contribution in [0.15, 0.2) is 12.1 Å². The number of ether oxygens (including phenoxy) is 1. The number of hydrogen-bond acceptors (Lipinski definition) is 1. The van der Waals surface area contributed by atoms with E-state index in [1.54, 1.807) is 0 Å². The van der Waals surface area contributed by atoms with Crippen molar-refractivity contribution < 1.29 is 21.2 Å². The average molecular weight is 270 g/mol. The molecular formula is C18H26O. The van der Waals surface area contributed by atoms with E-state index in [0.717, 1.165) is 6.92 Å². The summed E-state index contributed by atoms with van der Waals surface area (Å²) < 4.78 is 104. The highest BCUT2D eigenvalue weighted by molar-refractivity contribution is 5.51. The summed E-state index contributed by atoms with van der Waals surface area (Å²) in [4.78, 5) is 0. The lowest BCUT2D eigenvalue weighted by atomic mass is 9.71. The van der Waals surface area contributed by atoms with E-state index >= 15 is 0 Å². The van der Waals surface area contributed by atoms with Gasteiger partial charge in [0.2, 0.25) is 0 Å². The van der Waals surface area contributed by atoms with Gasteiger partial charge < -0.3 is 4.74 Å². The van der Waals surface area contributed by atoms with E-state index in [2.05, 4.69) is 0 Å². The molecular weight excluding hydrogens is 232 g/mol. The van der Waals surface area contributed by atoms with Gasteiger partial charge in [0.1, 0.15) is 0 Å². The second kappa shape index (κ2) is 3.85. The quantitative estimate of drug-likeness (QED) is 0.673. The predicted octanol–water partition coefficient (Wildman–Crippen LogP) is 4.53. The van der Waals surface area contributed by atoms with Gasteiger partial charge in [-0.15, -0.1) is 0 Å². The third-order valence-electron chi connectivity index (χ3n) is 4.58. The maximum absolute atomic E-state index is 8.25. The molecule has 1 aromatic carbocycles. The number of fused-ring (bicyclic) bond motifs is 2. The third-order valence-corrected chi connectivity index (χ3v) is 4.58. The van der Waals surface area contributed by atoms with Crippen LogP contribution in [0.4, 0.5) is 0 Å². The fraction of sp³-hybridized carbons (Fsp3) is 0.667. The summed E-state index contributed by atoms with van der Waals surface area (Å²) in [6, 6.07) is 2.79. The molecule has 1 nitrogen and oxygen atoms in total. The van der Waals surface area contributed by atoms with E-state index in [9.17, 15) is 0 Å². The van der Waals surface area contributed by atoms with Crippen molar-refractivity contribution in [1.82, 2.24) is 0 Å². The normalized spacial score (nSPS) is 42.8. The second-order valence-corrected chi connectivity index (χ2v) is 5.85. The lowest BCUT2D eigenvalue weighted by molar-refractivity contribution is 0.0949. The number of hydrogen-bond donors (Lipinski definition) is 0. The average Bonchev–Trinajstić information content (AvgIpc) is 2.77. The summed E-state index contributed by atoms with van der Waals surface area (Å²) in [7, 11) is 0. The van der Waals surface area contributed by atoms with Gasteiger partial charge in [-0.2, -0.15) is 0 Å². The molecule has 0 fully saturated rings. The maximum atomic E-state index is 8.25. The lowest BCUT2D eigenvalue weighted by Gasteiger charge is -2.32. The Morgan fingerprint density at radius 1 is 1.11 bits per heavy atom. The van der Waals surface area contributed by atoms with Gasteiger partial charge in [-0.3, -0.25) is 0 Å². The van der Waals surface area contributed by atoms with Gasteiger partial charge in [0.25, 0.3) is 0 Å². The van der Waals surface area contributed by atoms with E-state index in [-0.39, 0.29) is 23.7 Å². The lowest BCUT2D eigenvalue weighted by Crippen LogP contribution is -2.30.